The number of hydrogen-bond donors (Lipinski definition) is 4. The molecule has 4 heteroatoms. The molecule has 0 aliphatic carbocycles. The third-order valence-corrected chi connectivity index (χ3v) is 3.47. The highest BCUT2D eigenvalue weighted by atomic mass is 16.3. The van der Waals surface area contributed by atoms with Crippen molar-refractivity contribution in [2.24, 2.45) is 0 Å². The van der Waals surface area contributed by atoms with Gasteiger partial charge in [0.1, 0.15) is 11.5 Å². The minimum Gasteiger partial charge on any atom is -0.508 e. The Morgan fingerprint density at radius 3 is 2.35 bits per heavy atom. The van der Waals surface area contributed by atoms with E-state index < -0.39 is 5.54 Å². The maximum Gasteiger partial charge on any atom is 0.123 e. The van der Waals surface area contributed by atoms with Gasteiger partial charge in [-0.25, -0.2) is 0 Å². The fourth-order valence-corrected chi connectivity index (χ4v) is 2.05. The Morgan fingerprint density at radius 1 is 1.05 bits per heavy atom. The molecule has 0 heterocycles. The number of aromatic hydroxyl groups is 2. The molecule has 106 valence electrons. The first-order chi connectivity index (χ1) is 9.55. The molecule has 0 bridgehead atoms. The van der Waals surface area contributed by atoms with Crippen LogP contribution in [0.2, 0.25) is 0 Å². The lowest BCUT2D eigenvalue weighted by Crippen LogP contribution is -2.42. The van der Waals surface area contributed by atoms with Crippen molar-refractivity contribution < 1.29 is 15.3 Å². The SMILES string of the molecule is CC(CO)(NCc1ccc(O)cc1O)c1ccccc1. The number of benzene rings is 2. The van der Waals surface area contributed by atoms with Crippen LogP contribution in [0.4, 0.5) is 0 Å². The monoisotopic (exact) mass is 273 g/mol. The average molecular weight is 273 g/mol. The Morgan fingerprint density at radius 2 is 1.75 bits per heavy atom. The van der Waals surface area contributed by atoms with Gasteiger partial charge in [0, 0.05) is 18.2 Å². The van der Waals surface area contributed by atoms with Crippen LogP contribution >= 0.6 is 0 Å². The Hall–Kier alpha value is -2.04. The number of phenols is 2. The van der Waals surface area contributed by atoms with E-state index in [0.29, 0.717) is 12.1 Å². The molecule has 2 rings (SSSR count). The van der Waals surface area contributed by atoms with Crippen LogP contribution in [-0.2, 0) is 12.1 Å². The summed E-state index contributed by atoms with van der Waals surface area (Å²) in [6, 6.07) is 14.1. The summed E-state index contributed by atoms with van der Waals surface area (Å²) in [4.78, 5) is 0. The third kappa shape index (κ3) is 3.10. The zero-order chi connectivity index (χ0) is 14.6. The highest BCUT2D eigenvalue weighted by molar-refractivity contribution is 5.39. The third-order valence-electron chi connectivity index (χ3n) is 3.47. The second-order valence-corrected chi connectivity index (χ2v) is 5.02. The lowest BCUT2D eigenvalue weighted by molar-refractivity contribution is 0.173. The fourth-order valence-electron chi connectivity index (χ4n) is 2.05. The standard InChI is InChI=1S/C16H19NO3/c1-16(11-18,13-5-3-2-4-6-13)17-10-12-7-8-14(19)9-15(12)20/h2-9,17-20H,10-11H2,1H3. The molecule has 1 unspecified atom stereocenters. The lowest BCUT2D eigenvalue weighted by atomic mass is 9.92. The van der Waals surface area contributed by atoms with Crippen LogP contribution in [0, 0.1) is 0 Å². The molecule has 0 spiro atoms. The second-order valence-electron chi connectivity index (χ2n) is 5.02. The zero-order valence-corrected chi connectivity index (χ0v) is 11.4. The molecule has 2 aromatic rings. The molecule has 0 aliphatic rings. The molecule has 0 saturated heterocycles. The number of aliphatic hydroxyl groups is 1. The van der Waals surface area contributed by atoms with Crippen molar-refractivity contribution in [2.45, 2.75) is 19.0 Å². The molecule has 0 amide bonds. The molecule has 0 aromatic heterocycles. The molecule has 1 atom stereocenters. The van der Waals surface area contributed by atoms with Gasteiger partial charge in [0.05, 0.1) is 12.1 Å². The van der Waals surface area contributed by atoms with E-state index in [4.69, 9.17) is 0 Å². The molecular formula is C16H19NO3. The van der Waals surface area contributed by atoms with Gasteiger partial charge in [-0.05, 0) is 18.6 Å². The first kappa shape index (κ1) is 14.4. The van der Waals surface area contributed by atoms with Gasteiger partial charge in [0.15, 0.2) is 0 Å². The summed E-state index contributed by atoms with van der Waals surface area (Å²) < 4.78 is 0. The normalized spacial score (nSPS) is 13.9. The van der Waals surface area contributed by atoms with Crippen molar-refractivity contribution in [1.29, 1.82) is 0 Å². The van der Waals surface area contributed by atoms with Crippen molar-refractivity contribution in [3.8, 4) is 11.5 Å². The number of hydrogen-bond acceptors (Lipinski definition) is 4. The molecule has 0 fully saturated rings. The average Bonchev–Trinajstić information content (AvgIpc) is 2.47. The summed E-state index contributed by atoms with van der Waals surface area (Å²) in [6.45, 7) is 2.23. The van der Waals surface area contributed by atoms with Gasteiger partial charge in [-0.2, -0.15) is 0 Å². The van der Waals surface area contributed by atoms with E-state index in [1.54, 1.807) is 6.07 Å². The Bertz CT molecular complexity index is 571. The van der Waals surface area contributed by atoms with E-state index in [1.807, 2.05) is 37.3 Å². The first-order valence-electron chi connectivity index (χ1n) is 6.47. The van der Waals surface area contributed by atoms with Crippen LogP contribution in [0.1, 0.15) is 18.1 Å². The van der Waals surface area contributed by atoms with Crippen molar-refractivity contribution >= 4 is 0 Å². The number of rotatable bonds is 5. The molecule has 2 aromatic carbocycles. The van der Waals surface area contributed by atoms with Crippen LogP contribution in [0.5, 0.6) is 11.5 Å². The Labute approximate surface area is 118 Å². The van der Waals surface area contributed by atoms with Crippen molar-refractivity contribution in [1.82, 2.24) is 5.32 Å². The van der Waals surface area contributed by atoms with Gasteiger partial charge in [0.25, 0.3) is 0 Å². The summed E-state index contributed by atoms with van der Waals surface area (Å²) in [6.07, 6.45) is 0. The molecule has 20 heavy (non-hydrogen) atoms. The number of phenolic OH excluding ortho intramolecular Hbond substituents is 2. The van der Waals surface area contributed by atoms with Gasteiger partial charge in [-0.1, -0.05) is 36.4 Å². The molecule has 4 N–H and O–H groups in total. The molecule has 4 nitrogen and oxygen atoms in total. The summed E-state index contributed by atoms with van der Waals surface area (Å²) >= 11 is 0. The van der Waals surface area contributed by atoms with Crippen molar-refractivity contribution in [3.63, 3.8) is 0 Å². The van der Waals surface area contributed by atoms with Gasteiger partial charge >= 0.3 is 0 Å². The van der Waals surface area contributed by atoms with Crippen LogP contribution in [0.15, 0.2) is 48.5 Å². The van der Waals surface area contributed by atoms with E-state index in [9.17, 15) is 15.3 Å². The smallest absolute Gasteiger partial charge is 0.123 e. The summed E-state index contributed by atoms with van der Waals surface area (Å²) in [5.74, 6) is 0.0603. The highest BCUT2D eigenvalue weighted by Gasteiger charge is 2.25. The van der Waals surface area contributed by atoms with Gasteiger partial charge in [-0.15, -0.1) is 0 Å². The molecular weight excluding hydrogens is 254 g/mol. The highest BCUT2D eigenvalue weighted by Crippen LogP contribution is 2.25. The van der Waals surface area contributed by atoms with Gasteiger partial charge in [-0.3, -0.25) is 0 Å². The van der Waals surface area contributed by atoms with Gasteiger partial charge < -0.3 is 20.6 Å². The van der Waals surface area contributed by atoms with E-state index in [0.717, 1.165) is 5.56 Å². The fraction of sp³-hybridized carbons (Fsp3) is 0.250. The van der Waals surface area contributed by atoms with Crippen LogP contribution < -0.4 is 5.32 Å². The Balaban J connectivity index is 2.15. The van der Waals surface area contributed by atoms with Crippen molar-refractivity contribution in [3.05, 3.63) is 59.7 Å². The lowest BCUT2D eigenvalue weighted by Gasteiger charge is -2.29. The van der Waals surface area contributed by atoms with Crippen molar-refractivity contribution in [2.75, 3.05) is 6.61 Å². The number of aliphatic hydroxyl groups excluding tert-OH is 1. The molecule has 0 radical (unpaired) electrons. The topological polar surface area (TPSA) is 72.7 Å². The predicted octanol–water partition coefficient (Wildman–Crippen LogP) is 2.10. The van der Waals surface area contributed by atoms with E-state index in [-0.39, 0.29) is 18.1 Å². The van der Waals surface area contributed by atoms with E-state index in [2.05, 4.69) is 5.32 Å². The summed E-state index contributed by atoms with van der Waals surface area (Å²) in [5, 5.41) is 32.0. The minimum atomic E-state index is -0.592. The zero-order valence-electron chi connectivity index (χ0n) is 11.4. The van der Waals surface area contributed by atoms with Crippen LogP contribution in [0.25, 0.3) is 0 Å². The first-order valence-corrected chi connectivity index (χ1v) is 6.47. The number of nitrogens with one attached hydrogen (secondary N) is 1. The Kier molecular flexibility index (Phi) is 4.27. The molecule has 0 aliphatic heterocycles. The van der Waals surface area contributed by atoms with E-state index >= 15 is 0 Å². The molecule has 0 saturated carbocycles. The summed E-state index contributed by atoms with van der Waals surface area (Å²) in [7, 11) is 0. The maximum absolute atomic E-state index is 9.77. The summed E-state index contributed by atoms with van der Waals surface area (Å²) in [5.41, 5.74) is 1.05. The second kappa shape index (κ2) is 5.94. The maximum atomic E-state index is 9.77. The van der Waals surface area contributed by atoms with Crippen LogP contribution in [-0.4, -0.2) is 21.9 Å². The quantitative estimate of drug-likeness (QED) is 0.673. The predicted molar refractivity (Wildman–Crippen MR) is 77.5 cm³/mol. The van der Waals surface area contributed by atoms with Crippen LogP contribution in [0.3, 0.4) is 0 Å². The van der Waals surface area contributed by atoms with Gasteiger partial charge in [0.2, 0.25) is 0 Å². The minimum absolute atomic E-state index is 0.0271. The van der Waals surface area contributed by atoms with E-state index in [1.165, 1.54) is 12.1 Å². The largest absolute Gasteiger partial charge is 0.508 e.